The molecule has 0 bridgehead atoms. The smallest absolute Gasteiger partial charge is 0.312 e. The highest BCUT2D eigenvalue weighted by molar-refractivity contribution is 5.75. The summed E-state index contributed by atoms with van der Waals surface area (Å²) in [5.41, 5.74) is 0. The standard InChI is InChI=1S/C13H18O4/c14-13-11(6-4-8-16-13)5-2-1-3-7-15-9-12-10-17-12/h1-3,5,11-12H,4,6-10H2/b3-1+,5-2+. The second-order valence-electron chi connectivity index (χ2n) is 4.22. The highest BCUT2D eigenvalue weighted by Crippen LogP contribution is 2.16. The van der Waals surface area contributed by atoms with Gasteiger partial charge in [-0.1, -0.05) is 24.3 Å². The minimum absolute atomic E-state index is 0.0748. The van der Waals surface area contributed by atoms with Crippen LogP contribution in [0.3, 0.4) is 0 Å². The zero-order valence-electron chi connectivity index (χ0n) is 9.84. The van der Waals surface area contributed by atoms with Crippen LogP contribution >= 0.6 is 0 Å². The van der Waals surface area contributed by atoms with E-state index in [0.29, 0.717) is 25.9 Å². The van der Waals surface area contributed by atoms with Gasteiger partial charge in [-0.2, -0.15) is 0 Å². The maximum Gasteiger partial charge on any atom is 0.312 e. The van der Waals surface area contributed by atoms with Crippen LogP contribution in [-0.2, 0) is 19.0 Å². The van der Waals surface area contributed by atoms with E-state index in [0.717, 1.165) is 19.4 Å². The van der Waals surface area contributed by atoms with Gasteiger partial charge in [0.15, 0.2) is 0 Å². The van der Waals surface area contributed by atoms with Gasteiger partial charge < -0.3 is 14.2 Å². The van der Waals surface area contributed by atoms with Gasteiger partial charge in [0, 0.05) is 0 Å². The minimum Gasteiger partial charge on any atom is -0.465 e. The number of hydrogen-bond donors (Lipinski definition) is 0. The van der Waals surface area contributed by atoms with Crippen LogP contribution in [0.15, 0.2) is 24.3 Å². The van der Waals surface area contributed by atoms with Crippen molar-refractivity contribution in [2.24, 2.45) is 5.92 Å². The molecule has 94 valence electrons. The lowest BCUT2D eigenvalue weighted by Crippen LogP contribution is -2.22. The molecule has 2 saturated heterocycles. The number of ether oxygens (including phenoxy) is 3. The molecule has 0 aromatic heterocycles. The van der Waals surface area contributed by atoms with Gasteiger partial charge in [0.1, 0.15) is 6.10 Å². The summed E-state index contributed by atoms with van der Waals surface area (Å²) in [4.78, 5) is 11.3. The van der Waals surface area contributed by atoms with Gasteiger partial charge in [-0.15, -0.1) is 0 Å². The van der Waals surface area contributed by atoms with Crippen LogP contribution < -0.4 is 0 Å². The van der Waals surface area contributed by atoms with Gasteiger partial charge in [-0.05, 0) is 12.8 Å². The average molecular weight is 238 g/mol. The highest BCUT2D eigenvalue weighted by Gasteiger charge is 2.22. The maximum atomic E-state index is 11.3. The van der Waals surface area contributed by atoms with Crippen molar-refractivity contribution >= 4 is 5.97 Å². The number of esters is 1. The maximum absolute atomic E-state index is 11.3. The molecular formula is C13H18O4. The molecule has 0 aromatic rings. The van der Waals surface area contributed by atoms with Gasteiger partial charge in [0.25, 0.3) is 0 Å². The van der Waals surface area contributed by atoms with Crippen molar-refractivity contribution < 1.29 is 19.0 Å². The number of cyclic esters (lactones) is 1. The number of hydrogen-bond acceptors (Lipinski definition) is 4. The van der Waals surface area contributed by atoms with E-state index in [1.54, 1.807) is 0 Å². The van der Waals surface area contributed by atoms with Crippen LogP contribution in [0.25, 0.3) is 0 Å². The largest absolute Gasteiger partial charge is 0.465 e. The summed E-state index contributed by atoms with van der Waals surface area (Å²) in [6, 6.07) is 0. The fraction of sp³-hybridized carbons (Fsp3) is 0.615. The first-order valence-electron chi connectivity index (χ1n) is 6.05. The van der Waals surface area contributed by atoms with Crippen molar-refractivity contribution in [3.05, 3.63) is 24.3 Å². The Hall–Kier alpha value is -1.13. The van der Waals surface area contributed by atoms with E-state index in [2.05, 4.69) is 0 Å². The van der Waals surface area contributed by atoms with E-state index in [4.69, 9.17) is 14.2 Å². The van der Waals surface area contributed by atoms with Gasteiger partial charge in [0.2, 0.25) is 0 Å². The quantitative estimate of drug-likeness (QED) is 0.304. The van der Waals surface area contributed by atoms with E-state index >= 15 is 0 Å². The zero-order valence-corrected chi connectivity index (χ0v) is 9.84. The third kappa shape index (κ3) is 4.71. The molecule has 2 heterocycles. The Balaban J connectivity index is 1.58. The monoisotopic (exact) mass is 238 g/mol. The molecule has 17 heavy (non-hydrogen) atoms. The van der Waals surface area contributed by atoms with Crippen molar-refractivity contribution in [1.82, 2.24) is 0 Å². The Morgan fingerprint density at radius 2 is 2.29 bits per heavy atom. The lowest BCUT2D eigenvalue weighted by atomic mass is 10.0. The number of epoxide rings is 1. The Morgan fingerprint density at radius 1 is 1.41 bits per heavy atom. The molecule has 0 aliphatic carbocycles. The molecule has 2 aliphatic rings. The van der Waals surface area contributed by atoms with E-state index < -0.39 is 0 Å². The second kappa shape index (κ2) is 6.57. The average Bonchev–Trinajstić information content (AvgIpc) is 3.14. The Morgan fingerprint density at radius 3 is 3.06 bits per heavy atom. The van der Waals surface area contributed by atoms with Gasteiger partial charge in [0.05, 0.1) is 32.3 Å². The third-order valence-electron chi connectivity index (χ3n) is 2.72. The Labute approximate surface area is 101 Å². The Bertz CT molecular complexity index is 305. The van der Waals surface area contributed by atoms with E-state index in [9.17, 15) is 4.79 Å². The van der Waals surface area contributed by atoms with Crippen LogP contribution in [0.4, 0.5) is 0 Å². The van der Waals surface area contributed by atoms with Gasteiger partial charge in [-0.3, -0.25) is 4.79 Å². The fourth-order valence-corrected chi connectivity index (χ4v) is 1.64. The molecule has 4 nitrogen and oxygen atoms in total. The van der Waals surface area contributed by atoms with E-state index in [1.165, 1.54) is 0 Å². The first kappa shape index (κ1) is 12.3. The van der Waals surface area contributed by atoms with Gasteiger partial charge >= 0.3 is 5.97 Å². The van der Waals surface area contributed by atoms with E-state index in [-0.39, 0.29) is 11.9 Å². The lowest BCUT2D eigenvalue weighted by Gasteiger charge is -2.17. The predicted octanol–water partition coefficient (Wildman–Crippen LogP) is 1.47. The van der Waals surface area contributed by atoms with Crippen molar-refractivity contribution in [1.29, 1.82) is 0 Å². The number of carbonyl (C=O) groups is 1. The summed E-state index contributed by atoms with van der Waals surface area (Å²) in [6.07, 6.45) is 9.75. The molecular weight excluding hydrogens is 220 g/mol. The summed E-state index contributed by atoms with van der Waals surface area (Å²) in [6.45, 7) is 2.64. The molecule has 0 aromatic carbocycles. The van der Waals surface area contributed by atoms with E-state index in [1.807, 2.05) is 24.3 Å². The predicted molar refractivity (Wildman–Crippen MR) is 62.5 cm³/mol. The van der Waals surface area contributed by atoms with Crippen LogP contribution in [0.5, 0.6) is 0 Å². The summed E-state index contributed by atoms with van der Waals surface area (Å²) in [7, 11) is 0. The summed E-state index contributed by atoms with van der Waals surface area (Å²) >= 11 is 0. The summed E-state index contributed by atoms with van der Waals surface area (Å²) < 4.78 is 15.3. The molecule has 4 heteroatoms. The molecule has 2 aliphatic heterocycles. The van der Waals surface area contributed by atoms with Crippen LogP contribution in [0, 0.1) is 5.92 Å². The molecule has 2 fully saturated rings. The highest BCUT2D eigenvalue weighted by atomic mass is 16.6. The normalized spacial score (nSPS) is 28.8. The van der Waals surface area contributed by atoms with Gasteiger partial charge in [-0.25, -0.2) is 0 Å². The van der Waals surface area contributed by atoms with Crippen molar-refractivity contribution in [3.8, 4) is 0 Å². The minimum atomic E-state index is -0.108. The molecule has 0 radical (unpaired) electrons. The number of allylic oxidation sites excluding steroid dienone is 2. The third-order valence-corrected chi connectivity index (χ3v) is 2.72. The van der Waals surface area contributed by atoms with Crippen LogP contribution in [-0.4, -0.2) is 38.5 Å². The zero-order chi connectivity index (χ0) is 11.9. The first-order valence-corrected chi connectivity index (χ1v) is 6.05. The Kier molecular flexibility index (Phi) is 4.76. The number of carbonyl (C=O) groups excluding carboxylic acids is 1. The second-order valence-corrected chi connectivity index (χ2v) is 4.22. The van der Waals surface area contributed by atoms with Crippen molar-refractivity contribution in [2.75, 3.05) is 26.4 Å². The SMILES string of the molecule is O=C1OCCCC1/C=C/C=C/COCC1CO1. The molecule has 0 amide bonds. The van der Waals surface area contributed by atoms with Crippen LogP contribution in [0.1, 0.15) is 12.8 Å². The molecule has 2 unspecified atom stereocenters. The molecule has 2 rings (SSSR count). The molecule has 2 atom stereocenters. The lowest BCUT2D eigenvalue weighted by molar-refractivity contribution is -0.150. The summed E-state index contributed by atoms with van der Waals surface area (Å²) in [5.74, 6) is -0.183. The fourth-order valence-electron chi connectivity index (χ4n) is 1.64. The van der Waals surface area contributed by atoms with Crippen molar-refractivity contribution in [2.45, 2.75) is 18.9 Å². The first-order chi connectivity index (χ1) is 8.36. The topological polar surface area (TPSA) is 48.1 Å². The molecule has 0 N–H and O–H groups in total. The molecule has 0 spiro atoms. The molecule has 0 saturated carbocycles. The van der Waals surface area contributed by atoms with Crippen LogP contribution in [0.2, 0.25) is 0 Å². The van der Waals surface area contributed by atoms with Crippen molar-refractivity contribution in [3.63, 3.8) is 0 Å². The summed E-state index contributed by atoms with van der Waals surface area (Å²) in [5, 5.41) is 0. The number of rotatable bonds is 6.